The maximum atomic E-state index is 5.90. The molecule has 1 aromatic rings. The van der Waals surface area contributed by atoms with Crippen LogP contribution in [0, 0.1) is 13.8 Å². The second kappa shape index (κ2) is 8.57. The smallest absolute Gasteiger partial charge is 0.374 e. The van der Waals surface area contributed by atoms with Gasteiger partial charge in [0.15, 0.2) is 0 Å². The van der Waals surface area contributed by atoms with Gasteiger partial charge in [0.1, 0.15) is 0 Å². The Hall–Kier alpha value is -0.683. The van der Waals surface area contributed by atoms with E-state index >= 15 is 0 Å². The molecule has 0 spiro atoms. The second-order valence-corrected chi connectivity index (χ2v) is 7.57. The standard InChI is InChI=1S/C16H28O3Si/c1-6-17-20(18-7-2,19-8-3)13-12-16-11-9-10-14(4)15(16)5/h9-11H,6-8,12-13H2,1-5H3. The van der Waals surface area contributed by atoms with Gasteiger partial charge < -0.3 is 13.3 Å². The van der Waals surface area contributed by atoms with Crippen LogP contribution in [0.25, 0.3) is 0 Å². The monoisotopic (exact) mass is 296 g/mol. The van der Waals surface area contributed by atoms with Gasteiger partial charge >= 0.3 is 8.80 Å². The maximum Gasteiger partial charge on any atom is 0.501 e. The predicted molar refractivity (Wildman–Crippen MR) is 85.1 cm³/mol. The fourth-order valence-corrected chi connectivity index (χ4v) is 4.95. The molecule has 0 saturated carbocycles. The summed E-state index contributed by atoms with van der Waals surface area (Å²) in [6.07, 6.45) is 0.944. The van der Waals surface area contributed by atoms with E-state index in [0.29, 0.717) is 19.8 Å². The summed E-state index contributed by atoms with van der Waals surface area (Å²) in [5.41, 5.74) is 4.06. The van der Waals surface area contributed by atoms with Gasteiger partial charge in [0.05, 0.1) is 0 Å². The highest BCUT2D eigenvalue weighted by atomic mass is 28.4. The van der Waals surface area contributed by atoms with Crippen molar-refractivity contribution < 1.29 is 13.3 Å². The van der Waals surface area contributed by atoms with Gasteiger partial charge in [0.25, 0.3) is 0 Å². The maximum absolute atomic E-state index is 5.90. The van der Waals surface area contributed by atoms with Crippen LogP contribution in [0.15, 0.2) is 18.2 Å². The van der Waals surface area contributed by atoms with Crippen LogP contribution < -0.4 is 0 Å². The van der Waals surface area contributed by atoms with E-state index < -0.39 is 8.80 Å². The molecule has 1 aromatic carbocycles. The Morgan fingerprint density at radius 2 is 1.45 bits per heavy atom. The Morgan fingerprint density at radius 1 is 0.900 bits per heavy atom. The lowest BCUT2D eigenvalue weighted by Gasteiger charge is -2.28. The molecule has 0 radical (unpaired) electrons. The van der Waals surface area contributed by atoms with Gasteiger partial charge in [-0.25, -0.2) is 0 Å². The SMILES string of the molecule is CCO[Si](CCc1cccc(C)c1C)(OCC)OCC. The molecule has 0 fully saturated rings. The van der Waals surface area contributed by atoms with E-state index in [-0.39, 0.29) is 0 Å². The summed E-state index contributed by atoms with van der Waals surface area (Å²) in [6.45, 7) is 12.2. The van der Waals surface area contributed by atoms with E-state index in [1.54, 1.807) is 0 Å². The zero-order valence-corrected chi connectivity index (χ0v) is 14.5. The highest BCUT2D eigenvalue weighted by Gasteiger charge is 2.39. The lowest BCUT2D eigenvalue weighted by atomic mass is 10.0. The number of benzene rings is 1. The molecule has 0 bridgehead atoms. The van der Waals surface area contributed by atoms with Gasteiger partial charge in [-0.15, -0.1) is 0 Å². The minimum Gasteiger partial charge on any atom is -0.374 e. The van der Waals surface area contributed by atoms with Crippen molar-refractivity contribution in [2.45, 2.75) is 47.1 Å². The summed E-state index contributed by atoms with van der Waals surface area (Å²) in [5, 5.41) is 0. The molecule has 0 aliphatic rings. The fourth-order valence-electron chi connectivity index (χ4n) is 2.37. The van der Waals surface area contributed by atoms with Crippen LogP contribution in [0.1, 0.15) is 37.5 Å². The average molecular weight is 296 g/mol. The van der Waals surface area contributed by atoms with Crippen molar-refractivity contribution in [1.29, 1.82) is 0 Å². The topological polar surface area (TPSA) is 27.7 Å². The molecular formula is C16H28O3Si. The largest absolute Gasteiger partial charge is 0.501 e. The zero-order chi connectivity index (χ0) is 15.0. The number of hydrogen-bond acceptors (Lipinski definition) is 3. The van der Waals surface area contributed by atoms with Crippen molar-refractivity contribution in [3.05, 3.63) is 34.9 Å². The van der Waals surface area contributed by atoms with Gasteiger partial charge in [0.2, 0.25) is 0 Å². The first-order valence-corrected chi connectivity index (χ1v) is 9.48. The van der Waals surface area contributed by atoms with Gasteiger partial charge in [-0.3, -0.25) is 0 Å². The molecule has 0 aromatic heterocycles. The first-order valence-electron chi connectivity index (χ1n) is 7.55. The number of rotatable bonds is 9. The minimum atomic E-state index is -2.52. The van der Waals surface area contributed by atoms with Crippen LogP contribution >= 0.6 is 0 Å². The third-order valence-corrected chi connectivity index (χ3v) is 6.56. The Balaban J connectivity index is 2.81. The minimum absolute atomic E-state index is 0.638. The summed E-state index contributed by atoms with van der Waals surface area (Å²) in [7, 11) is -2.52. The second-order valence-electron chi connectivity index (χ2n) is 4.84. The summed E-state index contributed by atoms with van der Waals surface area (Å²) in [6, 6.07) is 7.29. The van der Waals surface area contributed by atoms with Crippen LogP contribution in [0.2, 0.25) is 6.04 Å². The van der Waals surface area contributed by atoms with Crippen molar-refractivity contribution in [2.24, 2.45) is 0 Å². The lowest BCUT2D eigenvalue weighted by Crippen LogP contribution is -2.46. The molecule has 20 heavy (non-hydrogen) atoms. The van der Waals surface area contributed by atoms with E-state index in [2.05, 4.69) is 32.0 Å². The van der Waals surface area contributed by atoms with Gasteiger partial charge in [-0.1, -0.05) is 18.2 Å². The molecule has 0 aliphatic carbocycles. The van der Waals surface area contributed by atoms with E-state index in [4.69, 9.17) is 13.3 Å². The molecular weight excluding hydrogens is 268 g/mol. The molecule has 0 amide bonds. The van der Waals surface area contributed by atoms with Crippen molar-refractivity contribution >= 4 is 8.80 Å². The van der Waals surface area contributed by atoms with Crippen LogP contribution in [-0.4, -0.2) is 28.6 Å². The van der Waals surface area contributed by atoms with Gasteiger partial charge in [0, 0.05) is 25.9 Å². The quantitative estimate of drug-likeness (QED) is 0.647. The third-order valence-electron chi connectivity index (χ3n) is 3.51. The number of hydrogen-bond donors (Lipinski definition) is 0. The zero-order valence-electron chi connectivity index (χ0n) is 13.5. The molecule has 3 nitrogen and oxygen atoms in total. The van der Waals surface area contributed by atoms with Crippen molar-refractivity contribution in [3.63, 3.8) is 0 Å². The van der Waals surface area contributed by atoms with E-state index in [1.165, 1.54) is 16.7 Å². The highest BCUT2D eigenvalue weighted by molar-refractivity contribution is 6.60. The molecule has 0 aliphatic heterocycles. The molecule has 0 N–H and O–H groups in total. The molecule has 114 valence electrons. The first kappa shape index (κ1) is 17.4. The molecule has 0 saturated heterocycles. The van der Waals surface area contributed by atoms with Gasteiger partial charge in [-0.05, 0) is 57.7 Å². The van der Waals surface area contributed by atoms with Crippen molar-refractivity contribution in [3.8, 4) is 0 Å². The summed E-state index contributed by atoms with van der Waals surface area (Å²) in [4.78, 5) is 0. The lowest BCUT2D eigenvalue weighted by molar-refractivity contribution is 0.0714. The molecule has 0 unspecified atom stereocenters. The van der Waals surface area contributed by atoms with Crippen LogP contribution in [0.3, 0.4) is 0 Å². The Bertz CT molecular complexity index is 390. The van der Waals surface area contributed by atoms with Crippen molar-refractivity contribution in [2.75, 3.05) is 19.8 Å². The number of aryl methyl sites for hydroxylation is 2. The highest BCUT2D eigenvalue weighted by Crippen LogP contribution is 2.22. The van der Waals surface area contributed by atoms with E-state index in [1.807, 2.05) is 20.8 Å². The fraction of sp³-hybridized carbons (Fsp3) is 0.625. The Morgan fingerprint density at radius 3 is 1.95 bits per heavy atom. The summed E-state index contributed by atoms with van der Waals surface area (Å²) < 4.78 is 17.7. The Labute approximate surface area is 124 Å². The molecule has 0 heterocycles. The normalized spacial score (nSPS) is 11.8. The van der Waals surface area contributed by atoms with E-state index in [0.717, 1.165) is 12.5 Å². The molecule has 1 rings (SSSR count). The summed E-state index contributed by atoms with van der Waals surface area (Å²) in [5.74, 6) is 0. The van der Waals surface area contributed by atoms with Crippen molar-refractivity contribution in [1.82, 2.24) is 0 Å². The predicted octanol–water partition coefficient (Wildman–Crippen LogP) is 3.89. The molecule has 4 heteroatoms. The van der Waals surface area contributed by atoms with Crippen LogP contribution in [0.4, 0.5) is 0 Å². The summed E-state index contributed by atoms with van der Waals surface area (Å²) >= 11 is 0. The average Bonchev–Trinajstić information content (AvgIpc) is 2.41. The first-order chi connectivity index (χ1) is 9.58. The van der Waals surface area contributed by atoms with Gasteiger partial charge in [-0.2, -0.15) is 0 Å². The Kier molecular flexibility index (Phi) is 7.44. The molecule has 0 atom stereocenters. The van der Waals surface area contributed by atoms with E-state index in [9.17, 15) is 0 Å². The van der Waals surface area contributed by atoms with Crippen LogP contribution in [-0.2, 0) is 19.7 Å². The third kappa shape index (κ3) is 4.70. The van der Waals surface area contributed by atoms with Crippen LogP contribution in [0.5, 0.6) is 0 Å².